The lowest BCUT2D eigenvalue weighted by atomic mass is 10.0. The number of amides is 3. The van der Waals surface area contributed by atoms with Gasteiger partial charge in [0.2, 0.25) is 5.91 Å². The van der Waals surface area contributed by atoms with Crippen LogP contribution in [-0.4, -0.2) is 29.1 Å². The van der Waals surface area contributed by atoms with Crippen LogP contribution in [0, 0.1) is 12.8 Å². The van der Waals surface area contributed by atoms with Crippen LogP contribution in [-0.2, 0) is 11.3 Å². The summed E-state index contributed by atoms with van der Waals surface area (Å²) in [4.78, 5) is 33.7. The molecular formula is C13H19N3O5. The molecule has 0 spiro atoms. The van der Waals surface area contributed by atoms with Crippen LogP contribution in [0.4, 0.5) is 4.79 Å². The van der Waals surface area contributed by atoms with Crippen molar-refractivity contribution in [3.05, 3.63) is 23.2 Å². The predicted octanol–water partition coefficient (Wildman–Crippen LogP) is 0.595. The molecule has 1 rings (SSSR count). The Morgan fingerprint density at radius 3 is 2.43 bits per heavy atom. The number of rotatable bonds is 6. The Kier molecular flexibility index (Phi) is 5.34. The van der Waals surface area contributed by atoms with E-state index in [4.69, 9.17) is 15.3 Å². The molecule has 5 N–H and O–H groups in total. The van der Waals surface area contributed by atoms with E-state index in [1.807, 2.05) is 0 Å². The molecule has 1 atom stereocenters. The number of aryl methyl sites for hydroxylation is 1. The van der Waals surface area contributed by atoms with Crippen molar-refractivity contribution in [1.29, 1.82) is 0 Å². The zero-order valence-electron chi connectivity index (χ0n) is 12.1. The van der Waals surface area contributed by atoms with E-state index in [0.29, 0.717) is 5.76 Å². The summed E-state index contributed by atoms with van der Waals surface area (Å²) in [5.74, 6) is -1.29. The van der Waals surface area contributed by atoms with E-state index in [-0.39, 0.29) is 23.8 Å². The maximum absolute atomic E-state index is 11.7. The monoisotopic (exact) mass is 297 g/mol. The standard InChI is InChI=1S/C13H19N3O5/c1-6(2)10(11(14)17)16-13(20)15-5-8-4-9(12(18)19)7(3)21-8/h4,6,10H,5H2,1-3H3,(H2,14,17)(H,18,19)(H2,15,16,20). The lowest BCUT2D eigenvalue weighted by Gasteiger charge is -2.18. The number of nitrogens with one attached hydrogen (secondary N) is 2. The maximum Gasteiger partial charge on any atom is 0.339 e. The first-order valence-electron chi connectivity index (χ1n) is 6.38. The predicted molar refractivity (Wildman–Crippen MR) is 73.6 cm³/mol. The molecule has 1 unspecified atom stereocenters. The first kappa shape index (κ1) is 16.5. The normalized spacial score (nSPS) is 12.0. The molecule has 8 heteroatoms. The number of furan rings is 1. The molecule has 0 aliphatic carbocycles. The van der Waals surface area contributed by atoms with Crippen LogP contribution in [0.1, 0.15) is 35.7 Å². The molecule has 0 fully saturated rings. The number of carboxylic acids is 1. The van der Waals surface area contributed by atoms with Gasteiger partial charge in [0.05, 0.1) is 6.54 Å². The van der Waals surface area contributed by atoms with E-state index in [2.05, 4.69) is 10.6 Å². The molecule has 21 heavy (non-hydrogen) atoms. The molecule has 0 aliphatic rings. The van der Waals surface area contributed by atoms with E-state index in [9.17, 15) is 14.4 Å². The SMILES string of the molecule is Cc1oc(CNC(=O)NC(C(N)=O)C(C)C)cc1C(=O)O. The summed E-state index contributed by atoms with van der Waals surface area (Å²) in [6, 6.07) is -0.0252. The Hall–Kier alpha value is -2.51. The third kappa shape index (κ3) is 4.51. The first-order chi connectivity index (χ1) is 9.72. The highest BCUT2D eigenvalue weighted by Crippen LogP contribution is 2.14. The van der Waals surface area contributed by atoms with Gasteiger partial charge in [-0.15, -0.1) is 0 Å². The van der Waals surface area contributed by atoms with Crippen molar-refractivity contribution >= 4 is 17.9 Å². The van der Waals surface area contributed by atoms with Crippen LogP contribution in [0.25, 0.3) is 0 Å². The fourth-order valence-corrected chi connectivity index (χ4v) is 1.77. The second kappa shape index (κ2) is 6.78. The van der Waals surface area contributed by atoms with Crippen molar-refractivity contribution in [3.8, 4) is 0 Å². The van der Waals surface area contributed by atoms with Crippen molar-refractivity contribution in [3.63, 3.8) is 0 Å². The van der Waals surface area contributed by atoms with E-state index in [1.165, 1.54) is 13.0 Å². The molecule has 0 bridgehead atoms. The zero-order valence-corrected chi connectivity index (χ0v) is 12.1. The molecule has 1 aromatic heterocycles. The Labute approximate surface area is 121 Å². The van der Waals surface area contributed by atoms with Crippen LogP contribution in [0.5, 0.6) is 0 Å². The molecule has 0 saturated carbocycles. The molecule has 8 nitrogen and oxygen atoms in total. The number of carbonyl (C=O) groups is 3. The summed E-state index contributed by atoms with van der Waals surface area (Å²) in [6.07, 6.45) is 0. The lowest BCUT2D eigenvalue weighted by Crippen LogP contribution is -2.50. The smallest absolute Gasteiger partial charge is 0.339 e. The highest BCUT2D eigenvalue weighted by Gasteiger charge is 2.21. The molecule has 0 aliphatic heterocycles. The third-order valence-corrected chi connectivity index (χ3v) is 2.88. The molecule has 1 aromatic rings. The van der Waals surface area contributed by atoms with Crippen LogP contribution in [0.3, 0.4) is 0 Å². The second-order valence-corrected chi connectivity index (χ2v) is 4.94. The van der Waals surface area contributed by atoms with Gasteiger partial charge < -0.3 is 25.9 Å². The Morgan fingerprint density at radius 2 is 2.00 bits per heavy atom. The van der Waals surface area contributed by atoms with Gasteiger partial charge in [-0.1, -0.05) is 13.8 Å². The van der Waals surface area contributed by atoms with Gasteiger partial charge in [0.1, 0.15) is 23.1 Å². The van der Waals surface area contributed by atoms with Gasteiger partial charge in [-0.05, 0) is 18.9 Å². The number of carbonyl (C=O) groups excluding carboxylic acids is 2. The molecule has 116 valence electrons. The molecule has 0 aromatic carbocycles. The number of urea groups is 1. The summed E-state index contributed by atoms with van der Waals surface area (Å²) < 4.78 is 5.21. The maximum atomic E-state index is 11.7. The highest BCUT2D eigenvalue weighted by atomic mass is 16.4. The van der Waals surface area contributed by atoms with E-state index < -0.39 is 23.9 Å². The fourth-order valence-electron chi connectivity index (χ4n) is 1.77. The number of primary amides is 1. The zero-order chi connectivity index (χ0) is 16.2. The van der Waals surface area contributed by atoms with Gasteiger partial charge in [-0.25, -0.2) is 9.59 Å². The van der Waals surface area contributed by atoms with Crippen molar-refractivity contribution in [1.82, 2.24) is 10.6 Å². The molecular weight excluding hydrogens is 278 g/mol. The summed E-state index contributed by atoms with van der Waals surface area (Å²) in [6.45, 7) is 5.04. The van der Waals surface area contributed by atoms with Crippen molar-refractivity contribution in [2.75, 3.05) is 0 Å². The van der Waals surface area contributed by atoms with Gasteiger partial charge in [-0.3, -0.25) is 4.79 Å². The largest absolute Gasteiger partial charge is 0.478 e. The van der Waals surface area contributed by atoms with Crippen LogP contribution >= 0.6 is 0 Å². The van der Waals surface area contributed by atoms with E-state index in [0.717, 1.165) is 0 Å². The third-order valence-electron chi connectivity index (χ3n) is 2.88. The minimum atomic E-state index is -1.10. The molecule has 0 radical (unpaired) electrons. The Balaban J connectivity index is 2.59. The highest BCUT2D eigenvalue weighted by molar-refractivity contribution is 5.89. The minimum Gasteiger partial charge on any atom is -0.478 e. The van der Waals surface area contributed by atoms with Gasteiger partial charge in [-0.2, -0.15) is 0 Å². The molecule has 3 amide bonds. The van der Waals surface area contributed by atoms with Gasteiger partial charge in [0.15, 0.2) is 0 Å². The second-order valence-electron chi connectivity index (χ2n) is 4.94. The van der Waals surface area contributed by atoms with Gasteiger partial charge in [0, 0.05) is 0 Å². The topological polar surface area (TPSA) is 135 Å². The van der Waals surface area contributed by atoms with Gasteiger partial charge >= 0.3 is 12.0 Å². The Bertz CT molecular complexity index is 550. The van der Waals surface area contributed by atoms with Crippen molar-refractivity contribution in [2.24, 2.45) is 11.7 Å². The first-order valence-corrected chi connectivity index (χ1v) is 6.38. The van der Waals surface area contributed by atoms with E-state index >= 15 is 0 Å². The quantitative estimate of drug-likeness (QED) is 0.609. The van der Waals surface area contributed by atoms with Crippen molar-refractivity contribution in [2.45, 2.75) is 33.4 Å². The number of nitrogens with two attached hydrogens (primary N) is 1. The minimum absolute atomic E-state index is 0.00350. The number of aromatic carboxylic acids is 1. The summed E-state index contributed by atoms with van der Waals surface area (Å²) in [5.41, 5.74) is 5.23. The van der Waals surface area contributed by atoms with Crippen LogP contribution in [0.2, 0.25) is 0 Å². The number of hydrogen-bond donors (Lipinski definition) is 4. The van der Waals surface area contributed by atoms with Crippen molar-refractivity contribution < 1.29 is 23.9 Å². The summed E-state index contributed by atoms with van der Waals surface area (Å²) in [5, 5.41) is 13.8. The Morgan fingerprint density at radius 1 is 1.38 bits per heavy atom. The van der Waals surface area contributed by atoms with Crippen LogP contribution in [0.15, 0.2) is 10.5 Å². The summed E-state index contributed by atoms with van der Waals surface area (Å²) in [7, 11) is 0. The average Bonchev–Trinajstić information content (AvgIpc) is 2.74. The molecule has 1 heterocycles. The van der Waals surface area contributed by atoms with Crippen LogP contribution < -0.4 is 16.4 Å². The fraction of sp³-hybridized carbons (Fsp3) is 0.462. The lowest BCUT2D eigenvalue weighted by molar-refractivity contribution is -0.120. The van der Waals surface area contributed by atoms with Gasteiger partial charge in [0.25, 0.3) is 0 Å². The van der Waals surface area contributed by atoms with E-state index in [1.54, 1.807) is 13.8 Å². The summed E-state index contributed by atoms with van der Waals surface area (Å²) >= 11 is 0. The number of hydrogen-bond acceptors (Lipinski definition) is 4. The average molecular weight is 297 g/mol. The molecule has 0 saturated heterocycles. The number of carboxylic acid groups (broad SMARTS) is 1.